The number of hydrogen-bond acceptors (Lipinski definition) is 6. The molecule has 0 radical (unpaired) electrons. The van der Waals surface area contributed by atoms with Crippen LogP contribution in [0.4, 0.5) is 0 Å². The van der Waals surface area contributed by atoms with E-state index in [2.05, 4.69) is 10.1 Å². The van der Waals surface area contributed by atoms with Crippen LogP contribution in [0.3, 0.4) is 0 Å². The lowest BCUT2D eigenvalue weighted by Crippen LogP contribution is -2.38. The molecule has 5 rings (SSSR count). The predicted molar refractivity (Wildman–Crippen MR) is 112 cm³/mol. The molecular weight excluding hydrogens is 396 g/mol. The minimum Gasteiger partial charge on any atom is -0.457 e. The van der Waals surface area contributed by atoms with Gasteiger partial charge < -0.3 is 20.7 Å². The van der Waals surface area contributed by atoms with Gasteiger partial charge in [0.2, 0.25) is 11.8 Å². The van der Waals surface area contributed by atoms with Crippen molar-refractivity contribution in [2.45, 2.75) is 12.3 Å². The first-order chi connectivity index (χ1) is 15.0. The molecule has 1 aliphatic carbocycles. The average molecular weight is 414 g/mol. The van der Waals surface area contributed by atoms with Gasteiger partial charge in [0, 0.05) is 23.1 Å². The van der Waals surface area contributed by atoms with Gasteiger partial charge in [-0.15, -0.1) is 0 Å². The molecule has 0 saturated heterocycles. The number of ether oxygens (including phenoxy) is 1. The van der Waals surface area contributed by atoms with Crippen molar-refractivity contribution < 1.29 is 18.8 Å². The highest BCUT2D eigenvalue weighted by molar-refractivity contribution is 6.08. The number of fused-ring (bicyclic) bond motifs is 1. The number of benzene rings is 2. The Morgan fingerprint density at radius 3 is 2.45 bits per heavy atom. The number of carbonyl (C=O) groups excluding carboxylic acids is 2. The summed E-state index contributed by atoms with van der Waals surface area (Å²) in [6.07, 6.45) is 5.24. The minimum absolute atomic E-state index is 0.297. The summed E-state index contributed by atoms with van der Waals surface area (Å²) in [5.74, 6) is -0.388. The SMILES string of the molecule is NC(=O)C1(C(N)=O)CC1c1ccc(Oc2ccnc3cc(-c4cnoc4)ccc23)cc1. The Kier molecular flexibility index (Phi) is 4.21. The molecule has 154 valence electrons. The topological polar surface area (TPSA) is 134 Å². The Morgan fingerprint density at radius 1 is 1.03 bits per heavy atom. The second kappa shape index (κ2) is 6.94. The van der Waals surface area contributed by atoms with E-state index in [1.54, 1.807) is 36.9 Å². The van der Waals surface area contributed by atoms with Gasteiger partial charge in [-0.05, 0) is 47.9 Å². The molecule has 31 heavy (non-hydrogen) atoms. The van der Waals surface area contributed by atoms with Crippen LogP contribution in [0.1, 0.15) is 17.9 Å². The highest BCUT2D eigenvalue weighted by atomic mass is 16.5. The summed E-state index contributed by atoms with van der Waals surface area (Å²) in [5, 5.41) is 4.59. The van der Waals surface area contributed by atoms with Crippen molar-refractivity contribution in [1.82, 2.24) is 10.1 Å². The summed E-state index contributed by atoms with van der Waals surface area (Å²) in [4.78, 5) is 27.9. The first-order valence-corrected chi connectivity index (χ1v) is 9.65. The molecule has 0 aliphatic heterocycles. The lowest BCUT2D eigenvalue weighted by atomic mass is 9.97. The van der Waals surface area contributed by atoms with Gasteiger partial charge >= 0.3 is 0 Å². The van der Waals surface area contributed by atoms with E-state index in [0.717, 1.165) is 27.6 Å². The molecule has 2 heterocycles. The number of carbonyl (C=O) groups is 2. The van der Waals surface area contributed by atoms with Crippen molar-refractivity contribution in [1.29, 1.82) is 0 Å². The quantitative estimate of drug-likeness (QED) is 0.466. The van der Waals surface area contributed by atoms with E-state index in [-0.39, 0.29) is 5.92 Å². The van der Waals surface area contributed by atoms with E-state index >= 15 is 0 Å². The van der Waals surface area contributed by atoms with E-state index in [4.69, 9.17) is 20.7 Å². The summed E-state index contributed by atoms with van der Waals surface area (Å²) in [6, 6.07) is 14.8. The van der Waals surface area contributed by atoms with Crippen molar-refractivity contribution in [2.75, 3.05) is 0 Å². The van der Waals surface area contributed by atoms with Crippen LogP contribution in [-0.4, -0.2) is 22.0 Å². The molecule has 0 bridgehead atoms. The van der Waals surface area contributed by atoms with Gasteiger partial charge in [0.1, 0.15) is 23.2 Å². The van der Waals surface area contributed by atoms with Gasteiger partial charge in [0.15, 0.2) is 0 Å². The molecule has 8 nitrogen and oxygen atoms in total. The Hall–Kier alpha value is -4.20. The predicted octanol–water partition coefficient (Wildman–Crippen LogP) is 3.13. The summed E-state index contributed by atoms with van der Waals surface area (Å²) in [6.45, 7) is 0. The van der Waals surface area contributed by atoms with Crippen molar-refractivity contribution >= 4 is 22.7 Å². The lowest BCUT2D eigenvalue weighted by Gasteiger charge is -2.11. The lowest BCUT2D eigenvalue weighted by molar-refractivity contribution is -0.133. The van der Waals surface area contributed by atoms with E-state index in [0.29, 0.717) is 17.9 Å². The zero-order chi connectivity index (χ0) is 21.6. The van der Waals surface area contributed by atoms with Crippen molar-refractivity contribution in [3.05, 3.63) is 72.8 Å². The smallest absolute Gasteiger partial charge is 0.233 e. The van der Waals surface area contributed by atoms with Crippen LogP contribution in [0.5, 0.6) is 11.5 Å². The van der Waals surface area contributed by atoms with E-state index in [9.17, 15) is 9.59 Å². The summed E-state index contributed by atoms with van der Waals surface area (Å²) < 4.78 is 11.0. The minimum atomic E-state index is -1.29. The molecule has 8 heteroatoms. The molecule has 2 amide bonds. The molecule has 1 atom stereocenters. The molecule has 1 saturated carbocycles. The number of primary amides is 2. The zero-order valence-corrected chi connectivity index (χ0v) is 16.3. The maximum Gasteiger partial charge on any atom is 0.233 e. The van der Waals surface area contributed by atoms with Crippen molar-refractivity contribution in [3.8, 4) is 22.6 Å². The Labute approximate surface area is 176 Å². The van der Waals surface area contributed by atoms with Gasteiger partial charge in [0.05, 0.1) is 11.7 Å². The normalized spacial score (nSPS) is 16.7. The fraction of sp³-hybridized carbons (Fsp3) is 0.130. The molecule has 2 aromatic carbocycles. The molecule has 1 fully saturated rings. The molecule has 2 aromatic heterocycles. The molecule has 1 unspecified atom stereocenters. The molecule has 1 aliphatic rings. The number of pyridine rings is 1. The Morgan fingerprint density at radius 2 is 1.81 bits per heavy atom. The van der Waals surface area contributed by atoms with Crippen LogP contribution in [0, 0.1) is 5.41 Å². The largest absolute Gasteiger partial charge is 0.457 e. The van der Waals surface area contributed by atoms with Crippen LogP contribution >= 0.6 is 0 Å². The van der Waals surface area contributed by atoms with Crippen LogP contribution in [-0.2, 0) is 9.59 Å². The number of nitrogens with two attached hydrogens (primary N) is 2. The van der Waals surface area contributed by atoms with Crippen LogP contribution < -0.4 is 16.2 Å². The number of rotatable bonds is 6. The second-order valence-electron chi connectivity index (χ2n) is 7.58. The molecule has 4 N–H and O–H groups in total. The van der Waals surface area contributed by atoms with Gasteiger partial charge in [-0.3, -0.25) is 14.6 Å². The maximum atomic E-state index is 11.7. The highest BCUT2D eigenvalue weighted by Gasteiger charge is 2.64. The first-order valence-electron chi connectivity index (χ1n) is 9.65. The van der Waals surface area contributed by atoms with Gasteiger partial charge in [-0.2, -0.15) is 0 Å². The van der Waals surface area contributed by atoms with E-state index < -0.39 is 17.2 Å². The monoisotopic (exact) mass is 414 g/mol. The van der Waals surface area contributed by atoms with Gasteiger partial charge in [0.25, 0.3) is 0 Å². The van der Waals surface area contributed by atoms with E-state index in [1.807, 2.05) is 30.3 Å². The number of amides is 2. The van der Waals surface area contributed by atoms with Crippen molar-refractivity contribution in [3.63, 3.8) is 0 Å². The molecule has 0 spiro atoms. The summed E-state index contributed by atoms with van der Waals surface area (Å²) >= 11 is 0. The summed E-state index contributed by atoms with van der Waals surface area (Å²) in [7, 11) is 0. The fourth-order valence-corrected chi connectivity index (χ4v) is 3.96. The third-order valence-electron chi connectivity index (χ3n) is 5.82. The van der Waals surface area contributed by atoms with Gasteiger partial charge in [-0.1, -0.05) is 23.4 Å². The van der Waals surface area contributed by atoms with Crippen molar-refractivity contribution in [2.24, 2.45) is 16.9 Å². The third kappa shape index (κ3) is 3.09. The van der Waals surface area contributed by atoms with Crippen LogP contribution in [0.25, 0.3) is 22.0 Å². The fourth-order valence-electron chi connectivity index (χ4n) is 3.96. The number of hydrogen-bond donors (Lipinski definition) is 2. The number of nitrogens with zero attached hydrogens (tertiary/aromatic N) is 2. The first kappa shape index (κ1) is 18.8. The molecular formula is C23H18N4O4. The summed E-state index contributed by atoms with van der Waals surface area (Å²) in [5.41, 5.74) is 12.9. The maximum absolute atomic E-state index is 11.7. The average Bonchev–Trinajstić information content (AvgIpc) is 3.31. The highest BCUT2D eigenvalue weighted by Crippen LogP contribution is 2.59. The number of aromatic nitrogens is 2. The van der Waals surface area contributed by atoms with Crippen LogP contribution in [0.15, 0.2) is 71.7 Å². The molecule has 4 aromatic rings. The Bertz CT molecular complexity index is 1290. The standard InChI is InChI=1S/C23H18N4O4/c24-21(28)23(22(25)29)10-18(23)13-1-4-16(5-2-13)31-20-7-8-26-19-9-14(3-6-17(19)20)15-11-27-30-12-15/h1-9,11-12,18H,10H2,(H2,24,28)(H2,25,29). The zero-order valence-electron chi connectivity index (χ0n) is 16.3. The Balaban J connectivity index is 1.39. The second-order valence-corrected chi connectivity index (χ2v) is 7.58. The van der Waals surface area contributed by atoms with Crippen LogP contribution in [0.2, 0.25) is 0 Å². The van der Waals surface area contributed by atoms with E-state index in [1.165, 1.54) is 0 Å². The van der Waals surface area contributed by atoms with Gasteiger partial charge in [-0.25, -0.2) is 0 Å². The third-order valence-corrected chi connectivity index (χ3v) is 5.82.